The van der Waals surface area contributed by atoms with Gasteiger partial charge in [-0.25, -0.2) is 9.78 Å². The Labute approximate surface area is 152 Å². The number of fused-ring (bicyclic) bond motifs is 2. The summed E-state index contributed by atoms with van der Waals surface area (Å²) in [5.74, 6) is 1.21. The summed E-state index contributed by atoms with van der Waals surface area (Å²) < 4.78 is 10.7. The molecule has 0 fully saturated rings. The van der Waals surface area contributed by atoms with Gasteiger partial charge in [0.2, 0.25) is 5.88 Å². The number of carbonyl (C=O) groups is 1. The summed E-state index contributed by atoms with van der Waals surface area (Å²) in [4.78, 5) is 18.7. The summed E-state index contributed by atoms with van der Waals surface area (Å²) in [6, 6.07) is 13.9. The van der Waals surface area contributed by atoms with E-state index in [1.807, 2.05) is 37.3 Å². The normalized spacial score (nSPS) is 13.5. The molecule has 0 N–H and O–H groups in total. The van der Waals surface area contributed by atoms with Crippen molar-refractivity contribution in [2.45, 2.75) is 26.9 Å². The molecular weight excluding hydrogens is 328 g/mol. The van der Waals surface area contributed by atoms with E-state index in [-0.39, 0.29) is 6.09 Å². The van der Waals surface area contributed by atoms with Crippen LogP contribution in [0.2, 0.25) is 0 Å². The molecule has 26 heavy (non-hydrogen) atoms. The maximum atomic E-state index is 12.4. The zero-order chi connectivity index (χ0) is 18.3. The first-order valence-electron chi connectivity index (χ1n) is 8.54. The van der Waals surface area contributed by atoms with Crippen molar-refractivity contribution in [2.24, 2.45) is 0 Å². The molecule has 1 aliphatic heterocycles. The van der Waals surface area contributed by atoms with Crippen molar-refractivity contribution in [3.63, 3.8) is 0 Å². The Morgan fingerprint density at radius 1 is 1.12 bits per heavy atom. The van der Waals surface area contributed by atoms with Gasteiger partial charge in [0.05, 0.1) is 19.2 Å². The first-order valence-corrected chi connectivity index (χ1v) is 8.54. The van der Waals surface area contributed by atoms with Crippen LogP contribution in [0, 0.1) is 13.8 Å². The highest BCUT2D eigenvalue weighted by Gasteiger charge is 2.27. The van der Waals surface area contributed by atoms with Gasteiger partial charge in [0.25, 0.3) is 0 Å². The highest BCUT2D eigenvalue weighted by molar-refractivity contribution is 5.87. The van der Waals surface area contributed by atoms with Crippen LogP contribution < -0.4 is 9.47 Å². The standard InChI is InChI=1S/C21H20N2O3/c1-13-4-5-14(2)19-18(13)10-16-12-23(21(24)26-20(16)22-19)11-15-6-8-17(25-3)9-7-15/h4-10H,11-12H2,1-3H3. The number of benzene rings is 2. The Kier molecular flexibility index (Phi) is 3.99. The predicted octanol–water partition coefficient (Wildman–Crippen LogP) is 4.37. The highest BCUT2D eigenvalue weighted by Crippen LogP contribution is 2.31. The molecule has 2 heterocycles. The Morgan fingerprint density at radius 3 is 2.58 bits per heavy atom. The molecule has 1 aliphatic rings. The maximum Gasteiger partial charge on any atom is 0.417 e. The van der Waals surface area contributed by atoms with E-state index in [0.717, 1.165) is 33.3 Å². The molecule has 0 spiro atoms. The topological polar surface area (TPSA) is 51.7 Å². The zero-order valence-corrected chi connectivity index (χ0v) is 15.1. The van der Waals surface area contributed by atoms with Crippen molar-refractivity contribution in [3.8, 4) is 11.6 Å². The molecule has 1 aromatic heterocycles. The Hall–Kier alpha value is -3.08. The Morgan fingerprint density at radius 2 is 1.85 bits per heavy atom. The maximum absolute atomic E-state index is 12.4. The molecule has 2 aromatic carbocycles. The number of pyridine rings is 1. The smallest absolute Gasteiger partial charge is 0.417 e. The number of rotatable bonds is 3. The van der Waals surface area contributed by atoms with Crippen molar-refractivity contribution < 1.29 is 14.3 Å². The molecule has 0 saturated carbocycles. The van der Waals surface area contributed by atoms with Gasteiger partial charge in [-0.05, 0) is 48.7 Å². The van der Waals surface area contributed by atoms with Gasteiger partial charge in [-0.3, -0.25) is 4.90 Å². The fraction of sp³-hybridized carbons (Fsp3) is 0.238. The van der Waals surface area contributed by atoms with E-state index in [2.05, 4.69) is 24.0 Å². The van der Waals surface area contributed by atoms with E-state index >= 15 is 0 Å². The van der Waals surface area contributed by atoms with Crippen LogP contribution in [0.15, 0.2) is 42.5 Å². The van der Waals surface area contributed by atoms with Gasteiger partial charge in [-0.15, -0.1) is 0 Å². The lowest BCUT2D eigenvalue weighted by Gasteiger charge is -2.28. The van der Waals surface area contributed by atoms with Gasteiger partial charge >= 0.3 is 6.09 Å². The summed E-state index contributed by atoms with van der Waals surface area (Å²) in [6.45, 7) is 5.05. The lowest BCUT2D eigenvalue weighted by Crippen LogP contribution is -2.36. The third-order valence-corrected chi connectivity index (χ3v) is 4.78. The summed E-state index contributed by atoms with van der Waals surface area (Å²) in [7, 11) is 1.63. The van der Waals surface area contributed by atoms with Gasteiger partial charge in [-0.1, -0.05) is 24.3 Å². The van der Waals surface area contributed by atoms with Crippen LogP contribution in [0.25, 0.3) is 10.9 Å². The molecule has 0 atom stereocenters. The molecule has 5 heteroatoms. The summed E-state index contributed by atoms with van der Waals surface area (Å²) in [5.41, 5.74) is 5.08. The molecular formula is C21H20N2O3. The van der Waals surface area contributed by atoms with Gasteiger partial charge < -0.3 is 9.47 Å². The van der Waals surface area contributed by atoms with Crippen LogP contribution in [0.1, 0.15) is 22.3 Å². The van der Waals surface area contributed by atoms with E-state index in [1.165, 1.54) is 5.56 Å². The number of amides is 1. The average molecular weight is 348 g/mol. The number of aryl methyl sites for hydroxylation is 2. The average Bonchev–Trinajstić information content (AvgIpc) is 2.65. The van der Waals surface area contributed by atoms with E-state index in [9.17, 15) is 4.79 Å². The monoisotopic (exact) mass is 348 g/mol. The number of carbonyl (C=O) groups excluding carboxylic acids is 1. The quantitative estimate of drug-likeness (QED) is 0.705. The summed E-state index contributed by atoms with van der Waals surface area (Å²) in [5, 5.41) is 1.10. The fourth-order valence-corrected chi connectivity index (χ4v) is 3.25. The number of nitrogens with zero attached hydrogens (tertiary/aromatic N) is 2. The van der Waals surface area contributed by atoms with Crippen LogP contribution in [-0.4, -0.2) is 23.1 Å². The van der Waals surface area contributed by atoms with Crippen LogP contribution in [0.4, 0.5) is 4.79 Å². The van der Waals surface area contributed by atoms with E-state index in [1.54, 1.807) is 12.0 Å². The molecule has 132 valence electrons. The van der Waals surface area contributed by atoms with Gasteiger partial charge in [0.1, 0.15) is 5.75 Å². The largest absolute Gasteiger partial charge is 0.497 e. The van der Waals surface area contributed by atoms with Crippen molar-refractivity contribution in [2.75, 3.05) is 7.11 Å². The van der Waals surface area contributed by atoms with Gasteiger partial charge in [0, 0.05) is 17.5 Å². The third kappa shape index (κ3) is 2.86. The molecule has 0 radical (unpaired) electrons. The second-order valence-electron chi connectivity index (χ2n) is 6.62. The van der Waals surface area contributed by atoms with Crippen molar-refractivity contribution in [1.82, 2.24) is 9.88 Å². The van der Waals surface area contributed by atoms with Crippen LogP contribution >= 0.6 is 0 Å². The summed E-state index contributed by atoms with van der Waals surface area (Å²) >= 11 is 0. The third-order valence-electron chi connectivity index (χ3n) is 4.78. The van der Waals surface area contributed by atoms with E-state index < -0.39 is 0 Å². The van der Waals surface area contributed by atoms with Gasteiger partial charge in [0.15, 0.2) is 0 Å². The zero-order valence-electron chi connectivity index (χ0n) is 15.1. The van der Waals surface area contributed by atoms with Crippen LogP contribution in [0.3, 0.4) is 0 Å². The molecule has 0 aliphatic carbocycles. The Bertz CT molecular complexity index is 996. The van der Waals surface area contributed by atoms with Crippen LogP contribution in [-0.2, 0) is 13.1 Å². The minimum Gasteiger partial charge on any atom is -0.497 e. The lowest BCUT2D eigenvalue weighted by atomic mass is 10.0. The number of hydrogen-bond donors (Lipinski definition) is 0. The predicted molar refractivity (Wildman–Crippen MR) is 99.5 cm³/mol. The minimum atomic E-state index is -0.370. The molecule has 3 aromatic rings. The minimum absolute atomic E-state index is 0.370. The molecule has 5 nitrogen and oxygen atoms in total. The van der Waals surface area contributed by atoms with Crippen molar-refractivity contribution in [3.05, 3.63) is 64.7 Å². The fourth-order valence-electron chi connectivity index (χ4n) is 3.25. The summed E-state index contributed by atoms with van der Waals surface area (Å²) in [6.07, 6.45) is -0.370. The number of methoxy groups -OCH3 is 1. The second-order valence-corrected chi connectivity index (χ2v) is 6.62. The number of aromatic nitrogens is 1. The van der Waals surface area contributed by atoms with E-state index in [4.69, 9.17) is 9.47 Å². The van der Waals surface area contributed by atoms with E-state index in [0.29, 0.717) is 19.0 Å². The van der Waals surface area contributed by atoms with Crippen molar-refractivity contribution >= 4 is 17.0 Å². The van der Waals surface area contributed by atoms with Crippen molar-refractivity contribution in [1.29, 1.82) is 0 Å². The molecule has 1 amide bonds. The molecule has 0 saturated heterocycles. The first-order chi connectivity index (χ1) is 12.5. The van der Waals surface area contributed by atoms with Crippen LogP contribution in [0.5, 0.6) is 11.6 Å². The number of hydrogen-bond acceptors (Lipinski definition) is 4. The lowest BCUT2D eigenvalue weighted by molar-refractivity contribution is 0.133. The molecule has 4 rings (SSSR count). The number of ether oxygens (including phenoxy) is 2. The molecule has 0 bridgehead atoms. The second kappa shape index (κ2) is 6.33. The Balaban J connectivity index is 1.65. The first kappa shape index (κ1) is 16.4. The SMILES string of the molecule is COc1ccc(CN2Cc3cc4c(C)ccc(C)c4nc3OC2=O)cc1. The molecule has 0 unspecified atom stereocenters. The highest BCUT2D eigenvalue weighted by atomic mass is 16.6. The van der Waals surface area contributed by atoms with Gasteiger partial charge in [-0.2, -0.15) is 0 Å².